The maximum atomic E-state index is 12.9. The zero-order chi connectivity index (χ0) is 14.5. The largest absolute Gasteiger partial charge is 0.465 e. The molecule has 0 bridgehead atoms. The van der Waals surface area contributed by atoms with Crippen molar-refractivity contribution in [3.63, 3.8) is 0 Å². The average molecular weight is 276 g/mol. The number of anilines is 1. The van der Waals surface area contributed by atoms with E-state index in [1.54, 1.807) is 12.1 Å². The van der Waals surface area contributed by atoms with Crippen LogP contribution in [0.2, 0.25) is 0 Å². The van der Waals surface area contributed by atoms with Crippen molar-refractivity contribution in [1.82, 2.24) is 5.32 Å². The van der Waals surface area contributed by atoms with Crippen molar-refractivity contribution in [3.8, 4) is 0 Å². The number of benzene rings is 1. The Morgan fingerprint density at radius 1 is 1.25 bits per heavy atom. The molecule has 3 nitrogen and oxygen atoms in total. The monoisotopic (exact) mass is 276 g/mol. The lowest BCUT2D eigenvalue weighted by atomic mass is 10.2. The molecule has 0 saturated heterocycles. The smallest absolute Gasteiger partial charge is 0.123 e. The van der Waals surface area contributed by atoms with E-state index < -0.39 is 0 Å². The Balaban J connectivity index is 2.05. The molecule has 0 unspecified atom stereocenters. The number of rotatable bonds is 6. The SMILES string of the molecule is CCNCc1cc(CN(C)c2ccc(F)cc2)c(C)o1. The van der Waals surface area contributed by atoms with Crippen LogP contribution >= 0.6 is 0 Å². The van der Waals surface area contributed by atoms with E-state index in [9.17, 15) is 4.39 Å². The second-order valence-electron chi connectivity index (χ2n) is 4.91. The van der Waals surface area contributed by atoms with Crippen LogP contribution in [-0.2, 0) is 13.1 Å². The summed E-state index contributed by atoms with van der Waals surface area (Å²) in [5.41, 5.74) is 2.14. The van der Waals surface area contributed by atoms with E-state index >= 15 is 0 Å². The van der Waals surface area contributed by atoms with Gasteiger partial charge in [-0.25, -0.2) is 4.39 Å². The van der Waals surface area contributed by atoms with Crippen molar-refractivity contribution in [2.24, 2.45) is 0 Å². The van der Waals surface area contributed by atoms with Crippen molar-refractivity contribution in [2.75, 3.05) is 18.5 Å². The summed E-state index contributed by atoms with van der Waals surface area (Å²) in [7, 11) is 1.99. The van der Waals surface area contributed by atoms with Crippen LogP contribution in [0.15, 0.2) is 34.7 Å². The molecule has 0 aliphatic carbocycles. The molecule has 20 heavy (non-hydrogen) atoms. The molecule has 1 aromatic carbocycles. The van der Waals surface area contributed by atoms with Gasteiger partial charge < -0.3 is 14.6 Å². The van der Waals surface area contributed by atoms with Gasteiger partial charge in [-0.2, -0.15) is 0 Å². The van der Waals surface area contributed by atoms with Gasteiger partial charge in [0.05, 0.1) is 6.54 Å². The Hall–Kier alpha value is -1.81. The van der Waals surface area contributed by atoms with E-state index in [1.165, 1.54) is 12.1 Å². The molecule has 0 amide bonds. The molecule has 0 saturated carbocycles. The molecule has 0 fully saturated rings. The summed E-state index contributed by atoms with van der Waals surface area (Å²) >= 11 is 0. The second-order valence-corrected chi connectivity index (χ2v) is 4.91. The van der Waals surface area contributed by atoms with Crippen molar-refractivity contribution in [3.05, 3.63) is 53.2 Å². The highest BCUT2D eigenvalue weighted by atomic mass is 19.1. The van der Waals surface area contributed by atoms with Crippen molar-refractivity contribution >= 4 is 5.69 Å². The molecular weight excluding hydrogens is 255 g/mol. The van der Waals surface area contributed by atoms with Crippen LogP contribution in [0.3, 0.4) is 0 Å². The predicted octanol–water partition coefficient (Wildman–Crippen LogP) is 3.47. The van der Waals surface area contributed by atoms with Crippen LogP contribution in [0.5, 0.6) is 0 Å². The van der Waals surface area contributed by atoms with E-state index in [2.05, 4.69) is 23.2 Å². The molecule has 0 radical (unpaired) electrons. The van der Waals surface area contributed by atoms with Gasteiger partial charge in [0.15, 0.2) is 0 Å². The minimum absolute atomic E-state index is 0.213. The maximum absolute atomic E-state index is 12.9. The molecule has 108 valence electrons. The van der Waals surface area contributed by atoms with Crippen LogP contribution < -0.4 is 10.2 Å². The van der Waals surface area contributed by atoms with E-state index in [0.717, 1.165) is 42.4 Å². The van der Waals surface area contributed by atoms with Crippen LogP contribution in [0.1, 0.15) is 24.0 Å². The van der Waals surface area contributed by atoms with E-state index in [4.69, 9.17) is 4.42 Å². The predicted molar refractivity (Wildman–Crippen MR) is 79.3 cm³/mol. The Morgan fingerprint density at radius 2 is 1.95 bits per heavy atom. The molecule has 0 atom stereocenters. The summed E-state index contributed by atoms with van der Waals surface area (Å²) in [6.45, 7) is 6.46. The number of nitrogens with zero attached hydrogens (tertiary/aromatic N) is 1. The van der Waals surface area contributed by atoms with Gasteiger partial charge in [0.1, 0.15) is 17.3 Å². The first-order chi connectivity index (χ1) is 9.60. The quantitative estimate of drug-likeness (QED) is 0.875. The molecule has 2 aromatic rings. The topological polar surface area (TPSA) is 28.4 Å². The number of halogens is 1. The fraction of sp³-hybridized carbons (Fsp3) is 0.375. The number of nitrogens with one attached hydrogen (secondary N) is 1. The molecule has 1 N–H and O–H groups in total. The Bertz CT molecular complexity index is 548. The number of hydrogen-bond acceptors (Lipinski definition) is 3. The summed E-state index contributed by atoms with van der Waals surface area (Å²) < 4.78 is 18.6. The van der Waals surface area contributed by atoms with Crippen LogP contribution in [0, 0.1) is 12.7 Å². The number of furan rings is 1. The van der Waals surface area contributed by atoms with Crippen molar-refractivity contribution in [2.45, 2.75) is 26.9 Å². The minimum atomic E-state index is -0.213. The standard InChI is InChI=1S/C16H21FN2O/c1-4-18-10-16-9-13(12(2)20-16)11-19(3)15-7-5-14(17)6-8-15/h5-9,18H,4,10-11H2,1-3H3. The molecule has 1 aromatic heterocycles. The first kappa shape index (κ1) is 14.6. The Kier molecular flexibility index (Phi) is 4.79. The van der Waals surface area contributed by atoms with E-state index in [0.29, 0.717) is 0 Å². The fourth-order valence-electron chi connectivity index (χ4n) is 2.12. The summed E-state index contributed by atoms with van der Waals surface area (Å²) in [5.74, 6) is 1.67. The van der Waals surface area contributed by atoms with Crippen LogP contribution in [0.25, 0.3) is 0 Å². The highest BCUT2D eigenvalue weighted by molar-refractivity contribution is 5.46. The Labute approximate surface area is 119 Å². The molecular formula is C16H21FN2O. The normalized spacial score (nSPS) is 10.8. The van der Waals surface area contributed by atoms with Gasteiger partial charge in [0.2, 0.25) is 0 Å². The maximum Gasteiger partial charge on any atom is 0.123 e. The van der Waals surface area contributed by atoms with Gasteiger partial charge in [0, 0.05) is 24.8 Å². The third-order valence-corrected chi connectivity index (χ3v) is 3.30. The molecule has 2 rings (SSSR count). The summed E-state index contributed by atoms with van der Waals surface area (Å²) in [6, 6.07) is 8.60. The van der Waals surface area contributed by atoms with Gasteiger partial charge in [-0.3, -0.25) is 0 Å². The first-order valence-corrected chi connectivity index (χ1v) is 6.85. The molecule has 0 spiro atoms. The van der Waals surface area contributed by atoms with Gasteiger partial charge >= 0.3 is 0 Å². The summed E-state index contributed by atoms with van der Waals surface area (Å²) in [5, 5.41) is 3.25. The lowest BCUT2D eigenvalue weighted by Gasteiger charge is -2.18. The van der Waals surface area contributed by atoms with E-state index in [1.807, 2.05) is 14.0 Å². The highest BCUT2D eigenvalue weighted by Crippen LogP contribution is 2.20. The first-order valence-electron chi connectivity index (χ1n) is 6.85. The lowest BCUT2D eigenvalue weighted by molar-refractivity contribution is 0.463. The molecule has 0 aliphatic rings. The van der Waals surface area contributed by atoms with Gasteiger partial charge in [-0.15, -0.1) is 0 Å². The number of hydrogen-bond donors (Lipinski definition) is 1. The van der Waals surface area contributed by atoms with Crippen molar-refractivity contribution < 1.29 is 8.81 Å². The summed E-state index contributed by atoms with van der Waals surface area (Å²) in [4.78, 5) is 2.08. The highest BCUT2D eigenvalue weighted by Gasteiger charge is 2.10. The third kappa shape index (κ3) is 3.61. The molecule has 1 heterocycles. The van der Waals surface area contributed by atoms with Crippen LogP contribution in [0.4, 0.5) is 10.1 Å². The van der Waals surface area contributed by atoms with Gasteiger partial charge in [-0.05, 0) is 43.8 Å². The second kappa shape index (κ2) is 6.57. The molecule has 0 aliphatic heterocycles. The minimum Gasteiger partial charge on any atom is -0.465 e. The van der Waals surface area contributed by atoms with E-state index in [-0.39, 0.29) is 5.82 Å². The fourth-order valence-corrected chi connectivity index (χ4v) is 2.12. The average Bonchev–Trinajstić information content (AvgIpc) is 2.77. The van der Waals surface area contributed by atoms with Gasteiger partial charge in [-0.1, -0.05) is 6.92 Å². The zero-order valence-electron chi connectivity index (χ0n) is 12.2. The Morgan fingerprint density at radius 3 is 2.60 bits per heavy atom. The molecule has 4 heteroatoms. The summed E-state index contributed by atoms with van der Waals surface area (Å²) in [6.07, 6.45) is 0. The zero-order valence-corrected chi connectivity index (χ0v) is 12.2. The van der Waals surface area contributed by atoms with Crippen molar-refractivity contribution in [1.29, 1.82) is 0 Å². The van der Waals surface area contributed by atoms with Gasteiger partial charge in [0.25, 0.3) is 0 Å². The van der Waals surface area contributed by atoms with Crippen LogP contribution in [-0.4, -0.2) is 13.6 Å². The number of aryl methyl sites for hydroxylation is 1. The third-order valence-electron chi connectivity index (χ3n) is 3.30. The lowest BCUT2D eigenvalue weighted by Crippen LogP contribution is -2.16.